The number of esters is 1. The number of hydrogen-bond acceptors (Lipinski definition) is 11. The van der Waals surface area contributed by atoms with E-state index < -0.39 is 0 Å². The quantitative estimate of drug-likeness (QED) is 0.0709. The fourth-order valence-corrected chi connectivity index (χ4v) is 3.69. The van der Waals surface area contributed by atoms with Crippen LogP contribution >= 0.6 is 0 Å². The molecule has 0 heterocycles. The van der Waals surface area contributed by atoms with Crippen LogP contribution in [0.3, 0.4) is 0 Å². The first-order valence-corrected chi connectivity index (χ1v) is 16.7. The van der Waals surface area contributed by atoms with Gasteiger partial charge in [-0.05, 0) is 12.8 Å². The van der Waals surface area contributed by atoms with Crippen molar-refractivity contribution in [3.05, 3.63) is 0 Å². The Hall–Kier alpha value is -0.890. The zero-order chi connectivity index (χ0) is 31.2. The summed E-state index contributed by atoms with van der Waals surface area (Å²) in [6, 6.07) is 0. The van der Waals surface area contributed by atoms with E-state index in [2.05, 4.69) is 6.92 Å². The zero-order valence-corrected chi connectivity index (χ0v) is 27.5. The average molecular weight is 625 g/mol. The third-order valence-corrected chi connectivity index (χ3v) is 6.06. The summed E-state index contributed by atoms with van der Waals surface area (Å²) in [5.74, 6) is -0.183. The number of rotatable bonds is 38. The Kier molecular flexibility index (Phi) is 38.3. The fourth-order valence-electron chi connectivity index (χ4n) is 3.69. The Morgan fingerprint density at radius 1 is 0.326 bits per heavy atom. The molecular formula is C32H64O11. The highest BCUT2D eigenvalue weighted by Crippen LogP contribution is 2.08. The van der Waals surface area contributed by atoms with E-state index in [1.807, 2.05) is 6.92 Å². The van der Waals surface area contributed by atoms with Gasteiger partial charge in [-0.1, -0.05) is 58.8 Å². The Labute approximate surface area is 261 Å². The van der Waals surface area contributed by atoms with Gasteiger partial charge in [-0.15, -0.1) is 0 Å². The van der Waals surface area contributed by atoms with Crippen LogP contribution in [0.25, 0.3) is 0 Å². The second-order valence-corrected chi connectivity index (χ2v) is 9.96. The van der Waals surface area contributed by atoms with Gasteiger partial charge in [-0.3, -0.25) is 4.79 Å². The first-order chi connectivity index (χ1) is 21.3. The molecule has 0 unspecified atom stereocenters. The Balaban J connectivity index is 3.05. The Morgan fingerprint density at radius 2 is 0.605 bits per heavy atom. The minimum Gasteiger partial charge on any atom is -0.463 e. The molecular weight excluding hydrogens is 560 g/mol. The summed E-state index contributed by atoms with van der Waals surface area (Å²) in [4.78, 5) is 11.2. The van der Waals surface area contributed by atoms with Crippen LogP contribution in [0, 0.1) is 0 Å². The maximum absolute atomic E-state index is 11.2. The van der Waals surface area contributed by atoms with Crippen LogP contribution in [0.5, 0.6) is 0 Å². The molecule has 0 aliphatic rings. The SMILES string of the molecule is CCCCCCCCCCOCCOCCOCCOCCOCCOCCOCCOCCOCCOC(=O)CCC. The molecule has 0 fully saturated rings. The molecule has 0 radical (unpaired) electrons. The van der Waals surface area contributed by atoms with Crippen molar-refractivity contribution in [2.24, 2.45) is 0 Å². The van der Waals surface area contributed by atoms with Crippen molar-refractivity contribution in [3.8, 4) is 0 Å². The molecule has 0 N–H and O–H groups in total. The number of ether oxygens (including phenoxy) is 10. The van der Waals surface area contributed by atoms with Gasteiger partial charge in [0.15, 0.2) is 0 Å². The first-order valence-electron chi connectivity index (χ1n) is 16.7. The number of unbranched alkanes of at least 4 members (excludes halogenated alkanes) is 7. The maximum atomic E-state index is 11.2. The van der Waals surface area contributed by atoms with Gasteiger partial charge in [-0.2, -0.15) is 0 Å². The molecule has 11 heteroatoms. The van der Waals surface area contributed by atoms with Crippen LogP contribution in [-0.4, -0.2) is 132 Å². The summed E-state index contributed by atoms with van der Waals surface area (Å²) in [5.41, 5.74) is 0. The van der Waals surface area contributed by atoms with E-state index in [1.54, 1.807) is 0 Å². The van der Waals surface area contributed by atoms with Crippen LogP contribution in [0.1, 0.15) is 78.1 Å². The van der Waals surface area contributed by atoms with Crippen LogP contribution < -0.4 is 0 Å². The van der Waals surface area contributed by atoms with Crippen molar-refractivity contribution >= 4 is 5.97 Å². The molecule has 0 aliphatic carbocycles. The highest BCUT2D eigenvalue weighted by atomic mass is 16.6. The molecule has 0 atom stereocenters. The molecule has 11 nitrogen and oxygen atoms in total. The molecule has 0 aromatic rings. The Morgan fingerprint density at radius 3 is 0.930 bits per heavy atom. The minimum absolute atomic E-state index is 0.183. The van der Waals surface area contributed by atoms with Crippen LogP contribution in [0.15, 0.2) is 0 Å². The molecule has 0 saturated carbocycles. The molecule has 0 spiro atoms. The maximum Gasteiger partial charge on any atom is 0.305 e. The largest absolute Gasteiger partial charge is 0.463 e. The van der Waals surface area contributed by atoms with E-state index in [0.717, 1.165) is 19.4 Å². The van der Waals surface area contributed by atoms with Crippen molar-refractivity contribution in [2.75, 3.05) is 126 Å². The van der Waals surface area contributed by atoms with E-state index in [0.29, 0.717) is 119 Å². The Bertz CT molecular complexity index is 526. The van der Waals surface area contributed by atoms with Gasteiger partial charge in [0.05, 0.1) is 112 Å². The first kappa shape index (κ1) is 42.1. The second-order valence-electron chi connectivity index (χ2n) is 9.96. The lowest BCUT2D eigenvalue weighted by Gasteiger charge is -2.09. The standard InChI is InChI=1S/C32H64O11/c1-3-5-6-7-8-9-10-11-13-34-14-15-35-16-17-36-18-19-37-20-21-38-22-23-39-24-25-40-26-27-41-28-29-42-30-31-43-32(33)12-4-2/h3-31H2,1-2H3. The average Bonchev–Trinajstić information content (AvgIpc) is 3.01. The smallest absolute Gasteiger partial charge is 0.305 e. The summed E-state index contributed by atoms with van der Waals surface area (Å²) < 4.78 is 54.3. The normalized spacial score (nSPS) is 11.4. The lowest BCUT2D eigenvalue weighted by atomic mass is 10.1. The van der Waals surface area contributed by atoms with Crippen molar-refractivity contribution in [3.63, 3.8) is 0 Å². The topological polar surface area (TPSA) is 109 Å². The zero-order valence-electron chi connectivity index (χ0n) is 27.5. The van der Waals surface area contributed by atoms with Gasteiger partial charge < -0.3 is 47.4 Å². The van der Waals surface area contributed by atoms with E-state index in [1.165, 1.54) is 44.9 Å². The van der Waals surface area contributed by atoms with Gasteiger partial charge in [0.25, 0.3) is 0 Å². The molecule has 258 valence electrons. The number of hydrogen-bond donors (Lipinski definition) is 0. The summed E-state index contributed by atoms with van der Waals surface area (Å²) in [6.45, 7) is 14.1. The lowest BCUT2D eigenvalue weighted by molar-refractivity contribution is -0.145. The summed E-state index contributed by atoms with van der Waals surface area (Å²) in [5, 5.41) is 0. The lowest BCUT2D eigenvalue weighted by Crippen LogP contribution is -2.15. The van der Waals surface area contributed by atoms with Crippen LogP contribution in [-0.2, 0) is 52.2 Å². The van der Waals surface area contributed by atoms with Gasteiger partial charge in [-0.25, -0.2) is 0 Å². The molecule has 0 aromatic carbocycles. The number of carbonyl (C=O) groups is 1. The van der Waals surface area contributed by atoms with Gasteiger partial charge in [0.1, 0.15) is 6.61 Å². The molecule has 0 aliphatic heterocycles. The number of carbonyl (C=O) groups excluding carboxylic acids is 1. The van der Waals surface area contributed by atoms with Crippen LogP contribution in [0.4, 0.5) is 0 Å². The summed E-state index contributed by atoms with van der Waals surface area (Å²) in [7, 11) is 0. The van der Waals surface area contributed by atoms with E-state index in [4.69, 9.17) is 47.4 Å². The molecule has 0 amide bonds. The second kappa shape index (κ2) is 39.1. The molecule has 0 bridgehead atoms. The van der Waals surface area contributed by atoms with E-state index in [9.17, 15) is 4.79 Å². The third kappa shape index (κ3) is 39.1. The molecule has 0 saturated heterocycles. The summed E-state index contributed by atoms with van der Waals surface area (Å²) >= 11 is 0. The van der Waals surface area contributed by atoms with E-state index >= 15 is 0 Å². The highest BCUT2D eigenvalue weighted by molar-refractivity contribution is 5.69. The summed E-state index contributed by atoms with van der Waals surface area (Å²) in [6.07, 6.45) is 11.8. The van der Waals surface area contributed by atoms with Crippen molar-refractivity contribution in [1.82, 2.24) is 0 Å². The fraction of sp³-hybridized carbons (Fsp3) is 0.969. The van der Waals surface area contributed by atoms with Crippen LogP contribution in [0.2, 0.25) is 0 Å². The molecule has 0 rings (SSSR count). The molecule has 0 aromatic heterocycles. The van der Waals surface area contributed by atoms with Crippen molar-refractivity contribution in [1.29, 1.82) is 0 Å². The van der Waals surface area contributed by atoms with Crippen molar-refractivity contribution in [2.45, 2.75) is 78.1 Å². The third-order valence-electron chi connectivity index (χ3n) is 6.06. The monoisotopic (exact) mass is 624 g/mol. The van der Waals surface area contributed by atoms with Gasteiger partial charge >= 0.3 is 5.97 Å². The minimum atomic E-state index is -0.183. The van der Waals surface area contributed by atoms with Gasteiger partial charge in [0.2, 0.25) is 0 Å². The van der Waals surface area contributed by atoms with Crippen molar-refractivity contribution < 1.29 is 52.2 Å². The highest BCUT2D eigenvalue weighted by Gasteiger charge is 2.00. The molecule has 43 heavy (non-hydrogen) atoms. The predicted octanol–water partition coefficient (Wildman–Crippen LogP) is 4.62. The van der Waals surface area contributed by atoms with Gasteiger partial charge in [0, 0.05) is 13.0 Å². The predicted molar refractivity (Wildman–Crippen MR) is 166 cm³/mol. The van der Waals surface area contributed by atoms with E-state index in [-0.39, 0.29) is 12.6 Å².